The molecule has 0 radical (unpaired) electrons. The summed E-state index contributed by atoms with van der Waals surface area (Å²) in [4.78, 5) is 34.6. The van der Waals surface area contributed by atoms with Gasteiger partial charge in [0.1, 0.15) is 10.7 Å². The molecule has 7 heteroatoms. The van der Waals surface area contributed by atoms with Gasteiger partial charge in [-0.1, -0.05) is 6.07 Å². The lowest BCUT2D eigenvalue weighted by Gasteiger charge is -2.37. The van der Waals surface area contributed by atoms with E-state index in [2.05, 4.69) is 4.98 Å². The zero-order chi connectivity index (χ0) is 16.7. The number of amides is 2. The monoisotopic (exact) mass is 361 g/mol. The maximum Gasteiger partial charge on any atom is 0.273 e. The molecule has 2 saturated heterocycles. The molecule has 2 amide bonds. The average Bonchev–Trinajstić information content (AvgIpc) is 3.31. The van der Waals surface area contributed by atoms with E-state index in [1.807, 2.05) is 39.7 Å². The highest BCUT2D eigenvalue weighted by molar-refractivity contribution is 7.20. The molecule has 126 valence electrons. The number of carbonyl (C=O) groups is 2. The first-order valence-corrected chi connectivity index (χ1v) is 9.89. The quantitative estimate of drug-likeness (QED) is 0.826. The molecule has 0 bridgehead atoms. The van der Waals surface area contributed by atoms with Crippen LogP contribution in [-0.2, 0) is 4.79 Å². The van der Waals surface area contributed by atoms with Gasteiger partial charge in [0.05, 0.1) is 10.3 Å². The summed E-state index contributed by atoms with van der Waals surface area (Å²) in [5, 5.41) is 4.72. The third-order valence-corrected chi connectivity index (χ3v) is 6.93. The summed E-state index contributed by atoms with van der Waals surface area (Å²) in [6, 6.07) is 4.00. The Labute approximate surface area is 148 Å². The van der Waals surface area contributed by atoms with Crippen LogP contribution in [0.25, 0.3) is 9.88 Å². The Morgan fingerprint density at radius 3 is 2.96 bits per heavy atom. The van der Waals surface area contributed by atoms with Crippen molar-refractivity contribution in [3.05, 3.63) is 28.6 Å². The lowest BCUT2D eigenvalue weighted by molar-refractivity contribution is -0.143. The Morgan fingerprint density at radius 1 is 1.29 bits per heavy atom. The predicted octanol–water partition coefficient (Wildman–Crippen LogP) is 2.96. The number of thiazole rings is 1. The fraction of sp³-hybridized carbons (Fsp3) is 0.471. The van der Waals surface area contributed by atoms with Crippen LogP contribution in [0.4, 0.5) is 0 Å². The number of carbonyl (C=O) groups excluding carboxylic acids is 2. The summed E-state index contributed by atoms with van der Waals surface area (Å²) in [5.41, 5.74) is 0.131. The fourth-order valence-electron chi connectivity index (χ4n) is 3.74. The number of thiophene rings is 1. The Morgan fingerprint density at radius 2 is 2.17 bits per heavy atom. The van der Waals surface area contributed by atoms with Crippen LogP contribution in [0.1, 0.15) is 29.8 Å². The molecule has 2 aliphatic heterocycles. The molecule has 24 heavy (non-hydrogen) atoms. The molecule has 0 saturated carbocycles. The van der Waals surface area contributed by atoms with Gasteiger partial charge < -0.3 is 9.80 Å². The third kappa shape index (κ3) is 2.56. The summed E-state index contributed by atoms with van der Waals surface area (Å²) >= 11 is 3.12. The molecule has 4 heterocycles. The Balaban J connectivity index is 1.51. The van der Waals surface area contributed by atoms with E-state index >= 15 is 0 Å². The largest absolute Gasteiger partial charge is 0.345 e. The average molecular weight is 361 g/mol. The van der Waals surface area contributed by atoms with Crippen LogP contribution in [0.5, 0.6) is 0 Å². The van der Waals surface area contributed by atoms with Crippen LogP contribution in [0.3, 0.4) is 0 Å². The molecule has 0 N–H and O–H groups in total. The number of rotatable bonds is 2. The molecule has 5 nitrogen and oxygen atoms in total. The van der Waals surface area contributed by atoms with E-state index < -0.39 is 0 Å². The second kappa shape index (κ2) is 5.97. The van der Waals surface area contributed by atoms with Crippen molar-refractivity contribution in [2.45, 2.75) is 19.3 Å². The van der Waals surface area contributed by atoms with E-state index in [0.717, 1.165) is 35.7 Å². The first-order valence-electron chi connectivity index (χ1n) is 8.13. The number of piperidine rings is 1. The van der Waals surface area contributed by atoms with E-state index in [-0.39, 0.29) is 17.2 Å². The Kier molecular flexibility index (Phi) is 3.92. The van der Waals surface area contributed by atoms with Gasteiger partial charge in [0.2, 0.25) is 5.91 Å². The van der Waals surface area contributed by atoms with E-state index in [0.29, 0.717) is 18.8 Å². The lowest BCUT2D eigenvalue weighted by Crippen LogP contribution is -2.48. The van der Waals surface area contributed by atoms with Crippen LogP contribution < -0.4 is 0 Å². The lowest BCUT2D eigenvalue weighted by atomic mass is 9.78. The van der Waals surface area contributed by atoms with Crippen LogP contribution in [0, 0.1) is 5.41 Å². The summed E-state index contributed by atoms with van der Waals surface area (Å²) in [7, 11) is 1.86. The first kappa shape index (κ1) is 15.8. The van der Waals surface area contributed by atoms with Crippen LogP contribution >= 0.6 is 22.7 Å². The van der Waals surface area contributed by atoms with Gasteiger partial charge in [-0.2, -0.15) is 0 Å². The molecular formula is C17H19N3O2S2. The van der Waals surface area contributed by atoms with Crippen molar-refractivity contribution in [3.8, 4) is 9.88 Å². The Bertz CT molecular complexity index is 771. The topological polar surface area (TPSA) is 53.5 Å². The minimum Gasteiger partial charge on any atom is -0.345 e. The van der Waals surface area contributed by atoms with E-state index in [4.69, 9.17) is 0 Å². The second-order valence-electron chi connectivity index (χ2n) is 6.60. The maximum atomic E-state index is 12.8. The van der Waals surface area contributed by atoms with Gasteiger partial charge in [-0.25, -0.2) is 4.98 Å². The highest BCUT2D eigenvalue weighted by atomic mass is 32.1. The molecule has 4 rings (SSSR count). The molecule has 2 aromatic rings. The summed E-state index contributed by atoms with van der Waals surface area (Å²) < 4.78 is 0. The zero-order valence-electron chi connectivity index (χ0n) is 13.5. The van der Waals surface area contributed by atoms with Crippen molar-refractivity contribution in [2.75, 3.05) is 26.7 Å². The van der Waals surface area contributed by atoms with Gasteiger partial charge in [0.15, 0.2) is 0 Å². The summed E-state index contributed by atoms with van der Waals surface area (Å²) in [6.07, 6.45) is 2.67. The van der Waals surface area contributed by atoms with Gasteiger partial charge in [0, 0.05) is 32.1 Å². The zero-order valence-corrected chi connectivity index (χ0v) is 15.2. The van der Waals surface area contributed by atoms with Crippen molar-refractivity contribution in [2.24, 2.45) is 5.41 Å². The van der Waals surface area contributed by atoms with Crippen molar-refractivity contribution in [3.63, 3.8) is 0 Å². The highest BCUT2D eigenvalue weighted by Gasteiger charge is 2.48. The van der Waals surface area contributed by atoms with Crippen molar-refractivity contribution in [1.82, 2.24) is 14.8 Å². The van der Waals surface area contributed by atoms with Gasteiger partial charge in [-0.05, 0) is 30.7 Å². The Hall–Kier alpha value is -1.73. The number of likely N-dealkylation sites (tertiary alicyclic amines) is 2. The van der Waals surface area contributed by atoms with Crippen molar-refractivity contribution in [1.29, 1.82) is 0 Å². The molecule has 0 unspecified atom stereocenters. The van der Waals surface area contributed by atoms with E-state index in [9.17, 15) is 9.59 Å². The maximum absolute atomic E-state index is 12.8. The highest BCUT2D eigenvalue weighted by Crippen LogP contribution is 2.40. The normalized spacial score (nSPS) is 24.1. The SMILES string of the molecule is CN1CCC[C@]2(CCN(C(=O)c3csc(-c4cccs4)n3)C2)C1=O. The molecule has 2 fully saturated rings. The molecule has 2 aromatic heterocycles. The summed E-state index contributed by atoms with van der Waals surface area (Å²) in [5.74, 6) is 0.147. The standard InChI is InChI=1S/C17H19N3O2S2/c1-19-7-3-5-17(16(19)22)6-8-20(11-17)15(21)12-10-24-14(18-12)13-4-2-9-23-13/h2,4,9-10H,3,5-8,11H2,1H3/t17-/m1/s1. The number of aromatic nitrogens is 1. The number of hydrogen-bond acceptors (Lipinski definition) is 5. The van der Waals surface area contributed by atoms with E-state index in [1.54, 1.807) is 11.3 Å². The molecule has 0 aliphatic carbocycles. The van der Waals surface area contributed by atoms with Gasteiger partial charge in [-0.15, -0.1) is 22.7 Å². The first-order chi connectivity index (χ1) is 11.6. The van der Waals surface area contributed by atoms with Crippen LogP contribution in [0.15, 0.2) is 22.9 Å². The smallest absolute Gasteiger partial charge is 0.273 e. The molecular weight excluding hydrogens is 342 g/mol. The van der Waals surface area contributed by atoms with Crippen molar-refractivity contribution < 1.29 is 9.59 Å². The molecule has 2 aliphatic rings. The second-order valence-corrected chi connectivity index (χ2v) is 8.41. The minimum atomic E-state index is -0.366. The van der Waals surface area contributed by atoms with Gasteiger partial charge >= 0.3 is 0 Å². The third-order valence-electron chi connectivity index (χ3n) is 5.05. The van der Waals surface area contributed by atoms with Gasteiger partial charge in [0.25, 0.3) is 5.91 Å². The van der Waals surface area contributed by atoms with Gasteiger partial charge in [-0.3, -0.25) is 9.59 Å². The fourth-order valence-corrected chi connectivity index (χ4v) is 5.35. The van der Waals surface area contributed by atoms with E-state index in [1.165, 1.54) is 11.3 Å². The molecule has 0 aromatic carbocycles. The van der Waals surface area contributed by atoms with Crippen molar-refractivity contribution >= 4 is 34.5 Å². The van der Waals surface area contributed by atoms with Crippen LogP contribution in [-0.4, -0.2) is 53.3 Å². The number of nitrogens with zero attached hydrogens (tertiary/aromatic N) is 3. The molecule has 1 spiro atoms. The number of hydrogen-bond donors (Lipinski definition) is 0. The minimum absolute atomic E-state index is 0.0491. The predicted molar refractivity (Wildman–Crippen MR) is 95.3 cm³/mol. The summed E-state index contributed by atoms with van der Waals surface area (Å²) in [6.45, 7) is 2.00. The van der Waals surface area contributed by atoms with Crippen LogP contribution in [0.2, 0.25) is 0 Å². The molecule has 1 atom stereocenters.